The maximum absolute atomic E-state index is 11.6. The van der Waals surface area contributed by atoms with Crippen molar-refractivity contribution in [3.8, 4) is 0 Å². The number of benzene rings is 1. The van der Waals surface area contributed by atoms with Crippen LogP contribution < -0.4 is 5.32 Å². The monoisotopic (exact) mass is 293 g/mol. The number of carbonyl (C=O) groups is 3. The standard InChI is InChI=1S/C15H19NO5/c1-9(2)7-13(17)16-12(15(20)21)8-10-3-5-11(6-4-10)14(18)19/h3-6,9,12H,7-8H2,1-2H3,(H,16,17)(H,18,19)(H,20,21)/t12-/m0/s1. The second-order valence-electron chi connectivity index (χ2n) is 5.26. The van der Waals surface area contributed by atoms with E-state index in [1.165, 1.54) is 12.1 Å². The molecule has 3 N–H and O–H groups in total. The van der Waals surface area contributed by atoms with E-state index in [0.29, 0.717) is 5.56 Å². The summed E-state index contributed by atoms with van der Waals surface area (Å²) in [5, 5.41) is 20.4. The molecule has 1 aromatic rings. The van der Waals surface area contributed by atoms with E-state index in [4.69, 9.17) is 10.2 Å². The molecule has 6 nitrogen and oxygen atoms in total. The molecule has 0 saturated carbocycles. The number of aromatic carboxylic acids is 1. The van der Waals surface area contributed by atoms with E-state index in [9.17, 15) is 14.4 Å². The lowest BCUT2D eigenvalue weighted by Crippen LogP contribution is -2.42. The highest BCUT2D eigenvalue weighted by atomic mass is 16.4. The summed E-state index contributed by atoms with van der Waals surface area (Å²) in [7, 11) is 0. The van der Waals surface area contributed by atoms with Crippen molar-refractivity contribution in [3.63, 3.8) is 0 Å². The second-order valence-corrected chi connectivity index (χ2v) is 5.26. The van der Waals surface area contributed by atoms with Crippen LogP contribution in [0.2, 0.25) is 0 Å². The first-order valence-corrected chi connectivity index (χ1v) is 6.64. The molecule has 6 heteroatoms. The van der Waals surface area contributed by atoms with Crippen molar-refractivity contribution in [3.05, 3.63) is 35.4 Å². The van der Waals surface area contributed by atoms with Gasteiger partial charge in [0, 0.05) is 12.8 Å². The Bertz CT molecular complexity index is 521. The number of carboxylic acids is 2. The molecular formula is C15H19NO5. The lowest BCUT2D eigenvalue weighted by Gasteiger charge is -2.15. The van der Waals surface area contributed by atoms with Crippen LogP contribution in [0.4, 0.5) is 0 Å². The van der Waals surface area contributed by atoms with Crippen LogP contribution in [-0.4, -0.2) is 34.1 Å². The van der Waals surface area contributed by atoms with Gasteiger partial charge in [-0.3, -0.25) is 4.79 Å². The Morgan fingerprint density at radius 2 is 1.67 bits per heavy atom. The van der Waals surface area contributed by atoms with E-state index in [2.05, 4.69) is 5.32 Å². The minimum atomic E-state index is -1.12. The zero-order valence-electron chi connectivity index (χ0n) is 12.0. The Kier molecular flexibility index (Phi) is 5.90. The molecule has 0 aliphatic heterocycles. The lowest BCUT2D eigenvalue weighted by molar-refractivity contribution is -0.141. The number of carboxylic acid groups (broad SMARTS) is 2. The summed E-state index contributed by atoms with van der Waals surface area (Å²) in [5.74, 6) is -2.31. The molecule has 0 fully saturated rings. The van der Waals surface area contributed by atoms with Crippen molar-refractivity contribution in [2.75, 3.05) is 0 Å². The lowest BCUT2D eigenvalue weighted by atomic mass is 10.0. The van der Waals surface area contributed by atoms with Crippen molar-refractivity contribution in [1.82, 2.24) is 5.32 Å². The van der Waals surface area contributed by atoms with Gasteiger partial charge in [0.05, 0.1) is 5.56 Å². The number of nitrogens with one attached hydrogen (secondary N) is 1. The van der Waals surface area contributed by atoms with Crippen molar-refractivity contribution in [2.45, 2.75) is 32.7 Å². The number of rotatable bonds is 7. The first-order valence-electron chi connectivity index (χ1n) is 6.64. The molecule has 0 saturated heterocycles. The number of hydrogen-bond donors (Lipinski definition) is 3. The number of amides is 1. The first-order chi connectivity index (χ1) is 9.79. The Morgan fingerprint density at radius 1 is 1.10 bits per heavy atom. The predicted molar refractivity (Wildman–Crippen MR) is 76.1 cm³/mol. The van der Waals surface area contributed by atoms with Crippen molar-refractivity contribution in [1.29, 1.82) is 0 Å². The Labute approximate surface area is 122 Å². The maximum Gasteiger partial charge on any atom is 0.335 e. The molecular weight excluding hydrogens is 274 g/mol. The average Bonchev–Trinajstić information content (AvgIpc) is 2.37. The molecule has 0 aromatic heterocycles. The number of hydrogen-bond acceptors (Lipinski definition) is 3. The largest absolute Gasteiger partial charge is 0.480 e. The minimum Gasteiger partial charge on any atom is -0.480 e. The predicted octanol–water partition coefficient (Wildman–Crippen LogP) is 1.54. The smallest absolute Gasteiger partial charge is 0.335 e. The van der Waals surface area contributed by atoms with E-state index in [1.807, 2.05) is 13.8 Å². The fraction of sp³-hybridized carbons (Fsp3) is 0.400. The van der Waals surface area contributed by atoms with Gasteiger partial charge in [-0.2, -0.15) is 0 Å². The number of aliphatic carboxylic acids is 1. The van der Waals surface area contributed by atoms with Crippen molar-refractivity contribution < 1.29 is 24.6 Å². The van der Waals surface area contributed by atoms with Gasteiger partial charge in [0.15, 0.2) is 0 Å². The summed E-state index contributed by atoms with van der Waals surface area (Å²) in [6.45, 7) is 3.75. The highest BCUT2D eigenvalue weighted by Crippen LogP contribution is 2.08. The van der Waals surface area contributed by atoms with E-state index < -0.39 is 18.0 Å². The van der Waals surface area contributed by atoms with Gasteiger partial charge < -0.3 is 15.5 Å². The van der Waals surface area contributed by atoms with Gasteiger partial charge in [-0.1, -0.05) is 26.0 Å². The minimum absolute atomic E-state index is 0.110. The molecule has 0 aliphatic rings. The summed E-state index contributed by atoms with van der Waals surface area (Å²) < 4.78 is 0. The van der Waals surface area contributed by atoms with Crippen LogP contribution in [0.1, 0.15) is 36.2 Å². The third kappa shape index (κ3) is 5.64. The molecule has 1 atom stereocenters. The topological polar surface area (TPSA) is 104 Å². The summed E-state index contributed by atoms with van der Waals surface area (Å²) >= 11 is 0. The van der Waals surface area contributed by atoms with Crippen molar-refractivity contribution >= 4 is 17.8 Å². The number of carbonyl (C=O) groups excluding carboxylic acids is 1. The average molecular weight is 293 g/mol. The molecule has 0 aliphatic carbocycles. The van der Waals surface area contributed by atoms with Crippen LogP contribution in [0.15, 0.2) is 24.3 Å². The van der Waals surface area contributed by atoms with E-state index in [0.717, 1.165) is 0 Å². The van der Waals surface area contributed by atoms with Gasteiger partial charge in [0.25, 0.3) is 0 Å². The third-order valence-electron chi connectivity index (χ3n) is 2.87. The van der Waals surface area contributed by atoms with Gasteiger partial charge in [0.1, 0.15) is 6.04 Å². The van der Waals surface area contributed by atoms with Crippen LogP contribution in [-0.2, 0) is 16.0 Å². The van der Waals surface area contributed by atoms with Gasteiger partial charge in [-0.15, -0.1) is 0 Å². The fourth-order valence-corrected chi connectivity index (χ4v) is 1.84. The summed E-state index contributed by atoms with van der Waals surface area (Å²) in [4.78, 5) is 33.6. The van der Waals surface area contributed by atoms with E-state index in [1.54, 1.807) is 12.1 Å². The van der Waals surface area contributed by atoms with Gasteiger partial charge in [-0.25, -0.2) is 9.59 Å². The zero-order valence-corrected chi connectivity index (χ0v) is 12.0. The Balaban J connectivity index is 2.72. The van der Waals surface area contributed by atoms with Crippen molar-refractivity contribution in [2.24, 2.45) is 5.92 Å². The normalized spacial score (nSPS) is 12.0. The molecule has 114 valence electrons. The van der Waals surface area contributed by atoms with Crippen LogP contribution in [0.5, 0.6) is 0 Å². The Hall–Kier alpha value is -2.37. The molecule has 0 bridgehead atoms. The molecule has 0 unspecified atom stereocenters. The summed E-state index contributed by atoms with van der Waals surface area (Å²) in [6.07, 6.45) is 0.376. The SMILES string of the molecule is CC(C)CC(=O)N[C@@H](Cc1ccc(C(=O)O)cc1)C(=O)O. The van der Waals surface area contributed by atoms with Crippen LogP contribution >= 0.6 is 0 Å². The highest BCUT2D eigenvalue weighted by molar-refractivity contribution is 5.87. The molecule has 0 spiro atoms. The van der Waals surface area contributed by atoms with E-state index in [-0.39, 0.29) is 30.2 Å². The van der Waals surface area contributed by atoms with Crippen LogP contribution in [0.3, 0.4) is 0 Å². The second kappa shape index (κ2) is 7.42. The fourth-order valence-electron chi connectivity index (χ4n) is 1.84. The molecule has 1 amide bonds. The quantitative estimate of drug-likeness (QED) is 0.707. The molecule has 0 heterocycles. The van der Waals surface area contributed by atoms with Crippen LogP contribution in [0.25, 0.3) is 0 Å². The molecule has 0 radical (unpaired) electrons. The summed E-state index contributed by atoms with van der Waals surface area (Å²) in [6, 6.07) is 4.90. The Morgan fingerprint density at radius 3 is 2.10 bits per heavy atom. The van der Waals surface area contributed by atoms with Gasteiger partial charge >= 0.3 is 11.9 Å². The third-order valence-corrected chi connectivity index (χ3v) is 2.87. The van der Waals surface area contributed by atoms with Gasteiger partial charge in [-0.05, 0) is 23.6 Å². The molecule has 1 rings (SSSR count). The summed E-state index contributed by atoms with van der Waals surface area (Å²) in [5.41, 5.74) is 0.784. The molecule has 21 heavy (non-hydrogen) atoms. The highest BCUT2D eigenvalue weighted by Gasteiger charge is 2.20. The van der Waals surface area contributed by atoms with E-state index >= 15 is 0 Å². The van der Waals surface area contributed by atoms with Crippen LogP contribution in [0, 0.1) is 5.92 Å². The van der Waals surface area contributed by atoms with Gasteiger partial charge in [0.2, 0.25) is 5.91 Å². The zero-order chi connectivity index (χ0) is 16.0. The maximum atomic E-state index is 11.6. The molecule has 1 aromatic carbocycles. The first kappa shape index (κ1) is 16.7.